The number of aromatic amines is 1. The predicted octanol–water partition coefficient (Wildman–Crippen LogP) is 3.37. The Morgan fingerprint density at radius 2 is 1.88 bits per heavy atom. The quantitative estimate of drug-likeness (QED) is 0.542. The molecule has 0 spiro atoms. The number of rotatable bonds is 3. The van der Waals surface area contributed by atoms with Crippen LogP contribution in [0.25, 0.3) is 28.2 Å². The molecule has 26 heavy (non-hydrogen) atoms. The molecule has 130 valence electrons. The molecular weight excluding hydrogens is 360 g/mol. The van der Waals surface area contributed by atoms with Crippen LogP contribution in [-0.2, 0) is 0 Å². The molecule has 0 bridgehead atoms. The minimum atomic E-state index is -2.56. The van der Waals surface area contributed by atoms with Gasteiger partial charge in [0.15, 0.2) is 10.8 Å². The van der Waals surface area contributed by atoms with E-state index in [1.165, 1.54) is 12.1 Å². The van der Waals surface area contributed by atoms with Gasteiger partial charge in [0.2, 0.25) is 0 Å². The molecule has 1 N–H and O–H groups in total. The van der Waals surface area contributed by atoms with E-state index in [0.29, 0.717) is 22.5 Å². The van der Waals surface area contributed by atoms with Gasteiger partial charge in [-0.3, -0.25) is 9.97 Å². The number of nitrogens with zero attached hydrogens (tertiary/aromatic N) is 4. The first-order valence-electron chi connectivity index (χ1n) is 7.56. The molecule has 4 aromatic rings. The smallest absolute Gasteiger partial charge is 0.285 e. The number of H-pyrrole nitrogens is 1. The van der Waals surface area contributed by atoms with Gasteiger partial charge in [-0.1, -0.05) is 30.3 Å². The molecule has 0 fully saturated rings. The normalized spacial score (nSPS) is 11.4. The first-order chi connectivity index (χ1) is 12.5. The summed E-state index contributed by atoms with van der Waals surface area (Å²) in [5.41, 5.74) is 1.74. The van der Waals surface area contributed by atoms with Gasteiger partial charge in [0.1, 0.15) is 5.69 Å². The average molecular weight is 371 g/mol. The number of fused-ring (bicyclic) bond motifs is 1. The van der Waals surface area contributed by atoms with Gasteiger partial charge in [-0.15, -0.1) is 12.6 Å². The monoisotopic (exact) mass is 371 g/mol. The maximum Gasteiger partial charge on any atom is 0.350 e. The zero-order chi connectivity index (χ0) is 18.3. The number of thiol groups is 1. The van der Waals surface area contributed by atoms with Crippen molar-refractivity contribution in [2.24, 2.45) is 0 Å². The van der Waals surface area contributed by atoms with E-state index in [1.807, 2.05) is 0 Å². The highest BCUT2D eigenvalue weighted by atomic mass is 32.1. The van der Waals surface area contributed by atoms with Crippen LogP contribution in [0.15, 0.2) is 58.6 Å². The van der Waals surface area contributed by atoms with Crippen molar-refractivity contribution in [2.75, 3.05) is 0 Å². The number of nitrogens with one attached hydrogen (secondary N) is 1. The lowest BCUT2D eigenvalue weighted by molar-refractivity contribution is 0.151. The number of halogens is 2. The van der Waals surface area contributed by atoms with Crippen LogP contribution in [0.4, 0.5) is 8.78 Å². The molecule has 0 aliphatic heterocycles. The summed E-state index contributed by atoms with van der Waals surface area (Å²) in [6.07, 6.45) is -0.960. The number of alkyl halides is 2. The van der Waals surface area contributed by atoms with Crippen LogP contribution in [0.2, 0.25) is 0 Å². The SMILES string of the molecule is O=c1[nH]c(S)nc2c(-c3ccc(C(F)F)cc3)c(-c3ccccn3)nn12. The molecule has 6 nitrogen and oxygen atoms in total. The van der Waals surface area contributed by atoms with Crippen LogP contribution in [0.5, 0.6) is 0 Å². The molecule has 0 saturated heterocycles. The Bertz CT molecular complexity index is 1140. The molecule has 0 atom stereocenters. The van der Waals surface area contributed by atoms with E-state index in [4.69, 9.17) is 0 Å². The largest absolute Gasteiger partial charge is 0.350 e. The van der Waals surface area contributed by atoms with Crippen molar-refractivity contribution in [1.82, 2.24) is 24.6 Å². The van der Waals surface area contributed by atoms with Crippen LogP contribution >= 0.6 is 12.6 Å². The maximum absolute atomic E-state index is 12.8. The van der Waals surface area contributed by atoms with Gasteiger partial charge >= 0.3 is 5.69 Å². The molecule has 0 amide bonds. The van der Waals surface area contributed by atoms with E-state index in [2.05, 4.69) is 32.7 Å². The minimum Gasteiger partial charge on any atom is -0.285 e. The predicted molar refractivity (Wildman–Crippen MR) is 94.5 cm³/mol. The van der Waals surface area contributed by atoms with Crippen LogP contribution in [0.3, 0.4) is 0 Å². The number of hydrogen-bond acceptors (Lipinski definition) is 5. The highest BCUT2D eigenvalue weighted by Gasteiger charge is 2.20. The summed E-state index contributed by atoms with van der Waals surface area (Å²) in [5.74, 6) is 0. The maximum atomic E-state index is 12.8. The van der Waals surface area contributed by atoms with E-state index < -0.39 is 12.1 Å². The molecule has 1 aromatic carbocycles. The lowest BCUT2D eigenvalue weighted by atomic mass is 10.0. The minimum absolute atomic E-state index is 0.0923. The van der Waals surface area contributed by atoms with E-state index in [9.17, 15) is 13.6 Å². The molecule has 9 heteroatoms. The van der Waals surface area contributed by atoms with Crippen molar-refractivity contribution in [3.05, 3.63) is 64.7 Å². The van der Waals surface area contributed by atoms with Gasteiger partial charge in [0.25, 0.3) is 6.43 Å². The van der Waals surface area contributed by atoms with Crippen LogP contribution < -0.4 is 5.69 Å². The van der Waals surface area contributed by atoms with E-state index in [-0.39, 0.29) is 16.4 Å². The fraction of sp³-hybridized carbons (Fsp3) is 0.0588. The fourth-order valence-corrected chi connectivity index (χ4v) is 2.86. The second-order valence-corrected chi connectivity index (χ2v) is 5.89. The van der Waals surface area contributed by atoms with Crippen LogP contribution in [0.1, 0.15) is 12.0 Å². The lowest BCUT2D eigenvalue weighted by Gasteiger charge is -2.05. The summed E-state index contributed by atoms with van der Waals surface area (Å²) in [6, 6.07) is 11.1. The molecule has 3 aromatic heterocycles. The number of aromatic nitrogens is 5. The van der Waals surface area contributed by atoms with E-state index in [1.54, 1.807) is 36.5 Å². The van der Waals surface area contributed by atoms with Gasteiger partial charge in [-0.05, 0) is 17.7 Å². The topological polar surface area (TPSA) is 75.9 Å². The zero-order valence-corrected chi connectivity index (χ0v) is 14.0. The first kappa shape index (κ1) is 16.4. The average Bonchev–Trinajstić information content (AvgIpc) is 3.02. The summed E-state index contributed by atoms with van der Waals surface area (Å²) >= 11 is 4.11. The van der Waals surface area contributed by atoms with Crippen molar-refractivity contribution in [3.8, 4) is 22.5 Å². The summed E-state index contributed by atoms with van der Waals surface area (Å²) in [7, 11) is 0. The highest BCUT2D eigenvalue weighted by Crippen LogP contribution is 2.34. The van der Waals surface area contributed by atoms with Crippen molar-refractivity contribution >= 4 is 18.3 Å². The highest BCUT2D eigenvalue weighted by molar-refractivity contribution is 7.80. The van der Waals surface area contributed by atoms with Crippen molar-refractivity contribution in [3.63, 3.8) is 0 Å². The molecule has 4 rings (SSSR count). The van der Waals surface area contributed by atoms with Gasteiger partial charge in [-0.2, -0.15) is 9.61 Å². The van der Waals surface area contributed by atoms with Crippen molar-refractivity contribution in [1.29, 1.82) is 0 Å². The molecule has 0 unspecified atom stereocenters. The Kier molecular flexibility index (Phi) is 4.00. The van der Waals surface area contributed by atoms with Gasteiger partial charge in [-0.25, -0.2) is 18.6 Å². The fourth-order valence-electron chi connectivity index (χ4n) is 2.67. The Balaban J connectivity index is 2.03. The second-order valence-electron chi connectivity index (χ2n) is 5.46. The number of pyridine rings is 1. The van der Waals surface area contributed by atoms with E-state index in [0.717, 1.165) is 4.52 Å². The Morgan fingerprint density at radius 1 is 1.12 bits per heavy atom. The lowest BCUT2D eigenvalue weighted by Crippen LogP contribution is -2.18. The van der Waals surface area contributed by atoms with Crippen molar-refractivity contribution < 1.29 is 8.78 Å². The second kappa shape index (κ2) is 6.34. The van der Waals surface area contributed by atoms with Gasteiger partial charge in [0.05, 0.1) is 11.3 Å². The standard InChI is InChI=1S/C17H11F2N5OS/c18-14(19)10-6-4-9(5-7-10)12-13(11-3-1-2-8-20-11)23-24-15(12)21-16(26)22-17(24)25/h1-8,14H,(H2,21,22,25,26). The van der Waals surface area contributed by atoms with Crippen LogP contribution in [0, 0.1) is 0 Å². The molecule has 3 heterocycles. The third-order valence-electron chi connectivity index (χ3n) is 3.84. The summed E-state index contributed by atoms with van der Waals surface area (Å²) < 4.78 is 26.8. The van der Waals surface area contributed by atoms with Crippen molar-refractivity contribution in [2.45, 2.75) is 11.6 Å². The Morgan fingerprint density at radius 3 is 2.54 bits per heavy atom. The molecule has 0 aliphatic rings. The molecule has 0 aliphatic carbocycles. The van der Waals surface area contributed by atoms with Crippen LogP contribution in [-0.4, -0.2) is 24.6 Å². The number of hydrogen-bond donors (Lipinski definition) is 2. The van der Waals surface area contributed by atoms with E-state index >= 15 is 0 Å². The molecule has 0 radical (unpaired) electrons. The van der Waals surface area contributed by atoms with Gasteiger partial charge in [0, 0.05) is 11.8 Å². The third-order valence-corrected chi connectivity index (χ3v) is 4.05. The third kappa shape index (κ3) is 2.76. The summed E-state index contributed by atoms with van der Waals surface area (Å²) in [5, 5.41) is 4.45. The summed E-state index contributed by atoms with van der Waals surface area (Å²) in [4.78, 5) is 23.2. The zero-order valence-electron chi connectivity index (χ0n) is 13.1. The molecular formula is C17H11F2N5OS. The van der Waals surface area contributed by atoms with Gasteiger partial charge < -0.3 is 0 Å². The molecule has 0 saturated carbocycles. The Labute approximate surface area is 151 Å². The Hall–Kier alpha value is -3.07. The number of benzene rings is 1. The summed E-state index contributed by atoms with van der Waals surface area (Å²) in [6.45, 7) is 0. The first-order valence-corrected chi connectivity index (χ1v) is 8.01.